The molecule has 1 aliphatic heterocycles. The van der Waals surface area contributed by atoms with Gasteiger partial charge in [0.1, 0.15) is 5.84 Å². The van der Waals surface area contributed by atoms with Crippen LogP contribution in [-0.4, -0.2) is 11.0 Å². The van der Waals surface area contributed by atoms with Gasteiger partial charge in [0.25, 0.3) is 0 Å². The monoisotopic (exact) mass is 112 g/mol. The Bertz CT molecular complexity index is 148. The van der Waals surface area contributed by atoms with Crippen LogP contribution >= 0.6 is 0 Å². The predicted molar refractivity (Wildman–Crippen MR) is 31.4 cm³/mol. The molecule has 0 aromatic heterocycles. The van der Waals surface area contributed by atoms with Crippen LogP contribution in [0.25, 0.3) is 0 Å². The van der Waals surface area contributed by atoms with Gasteiger partial charge in [0, 0.05) is 0 Å². The van der Waals surface area contributed by atoms with Gasteiger partial charge >= 0.3 is 0 Å². The van der Waals surface area contributed by atoms with Crippen LogP contribution in [0, 0.1) is 0 Å². The molecule has 44 valence electrons. The zero-order chi connectivity index (χ0) is 6.15. The zero-order valence-electron chi connectivity index (χ0n) is 4.68. The van der Waals surface area contributed by atoms with Crippen LogP contribution in [0.1, 0.15) is 6.92 Å². The first kappa shape index (κ1) is 5.11. The maximum Gasteiger partial charge on any atom is 0.158 e. The molecule has 0 saturated carbocycles. The molecule has 0 amide bonds. The van der Waals surface area contributed by atoms with Gasteiger partial charge in [-0.25, -0.2) is 16.0 Å². The molecule has 0 spiro atoms. The molecule has 0 radical (unpaired) electrons. The molecule has 1 rings (SSSR count). The quantitative estimate of drug-likeness (QED) is 0.418. The van der Waals surface area contributed by atoms with Crippen molar-refractivity contribution in [3.8, 4) is 0 Å². The lowest BCUT2D eigenvalue weighted by Gasteiger charge is -2.08. The van der Waals surface area contributed by atoms with Gasteiger partial charge in [-0.05, 0) is 6.92 Å². The number of hydrogen-bond acceptors (Lipinski definition) is 4. The molecule has 4 nitrogen and oxygen atoms in total. The van der Waals surface area contributed by atoms with Gasteiger partial charge in [0.2, 0.25) is 0 Å². The van der Waals surface area contributed by atoms with Crippen molar-refractivity contribution in [1.29, 1.82) is 0 Å². The summed E-state index contributed by atoms with van der Waals surface area (Å²) in [5.74, 6) is 6.60. The number of hydrazine groups is 2. The Kier molecular flexibility index (Phi) is 0.948. The highest BCUT2D eigenvalue weighted by molar-refractivity contribution is 5.81. The number of nitrogens with one attached hydrogen (secondary N) is 1. The summed E-state index contributed by atoms with van der Waals surface area (Å²) in [5, 5.41) is 1.27. The molecule has 0 aliphatic carbocycles. The molecule has 8 heavy (non-hydrogen) atoms. The maximum absolute atomic E-state index is 5.28. The molecule has 0 atom stereocenters. The number of nitrogens with two attached hydrogens (primary N) is 1. The van der Waals surface area contributed by atoms with Crippen LogP contribution in [-0.2, 0) is 0 Å². The SMILES string of the molecule is C=C1N=C(C)NN1N. The number of hydrogen-bond donors (Lipinski definition) is 2. The Morgan fingerprint density at radius 3 is 2.62 bits per heavy atom. The van der Waals surface area contributed by atoms with E-state index >= 15 is 0 Å². The fraction of sp³-hybridized carbons (Fsp3) is 0.250. The molecule has 1 heterocycles. The number of aliphatic imine (C=N–C) groups is 1. The second kappa shape index (κ2) is 1.48. The minimum absolute atomic E-state index is 0.544. The topological polar surface area (TPSA) is 53.7 Å². The molecule has 0 saturated heterocycles. The van der Waals surface area contributed by atoms with E-state index in [0.717, 1.165) is 5.84 Å². The second-order valence-corrected chi connectivity index (χ2v) is 1.60. The average Bonchev–Trinajstić information content (AvgIpc) is 1.85. The van der Waals surface area contributed by atoms with Crippen molar-refractivity contribution in [3.63, 3.8) is 0 Å². The first-order chi connectivity index (χ1) is 3.70. The number of rotatable bonds is 0. The molecular weight excluding hydrogens is 104 g/mol. The summed E-state index contributed by atoms with van der Waals surface area (Å²) < 4.78 is 0. The van der Waals surface area contributed by atoms with E-state index < -0.39 is 0 Å². The van der Waals surface area contributed by atoms with E-state index in [1.807, 2.05) is 6.92 Å². The van der Waals surface area contributed by atoms with E-state index in [4.69, 9.17) is 5.84 Å². The Balaban J connectivity index is 2.70. The van der Waals surface area contributed by atoms with E-state index in [1.165, 1.54) is 5.12 Å². The van der Waals surface area contributed by atoms with Gasteiger partial charge in [-0.1, -0.05) is 6.58 Å². The van der Waals surface area contributed by atoms with Crippen molar-refractivity contribution in [3.05, 3.63) is 12.4 Å². The summed E-state index contributed by atoms with van der Waals surface area (Å²) in [6, 6.07) is 0. The standard InChI is InChI=1S/C4H8N4/c1-3-6-4(2)8(5)7-3/h2,5H2,1H3,(H,6,7). The Morgan fingerprint density at radius 2 is 2.50 bits per heavy atom. The fourth-order valence-electron chi connectivity index (χ4n) is 0.511. The molecule has 3 N–H and O–H groups in total. The smallest absolute Gasteiger partial charge is 0.158 e. The minimum atomic E-state index is 0.544. The van der Waals surface area contributed by atoms with Gasteiger partial charge < -0.3 is 0 Å². The van der Waals surface area contributed by atoms with Crippen LogP contribution in [0.15, 0.2) is 17.4 Å². The highest BCUT2D eigenvalue weighted by Crippen LogP contribution is 1.99. The number of nitrogens with zero attached hydrogens (tertiary/aromatic N) is 2. The normalized spacial score (nSPS) is 18.5. The summed E-state index contributed by atoms with van der Waals surface area (Å²) in [4.78, 5) is 3.88. The van der Waals surface area contributed by atoms with E-state index in [-0.39, 0.29) is 0 Å². The van der Waals surface area contributed by atoms with E-state index in [1.54, 1.807) is 0 Å². The van der Waals surface area contributed by atoms with Crippen LogP contribution in [0.5, 0.6) is 0 Å². The van der Waals surface area contributed by atoms with E-state index in [2.05, 4.69) is 17.0 Å². The van der Waals surface area contributed by atoms with Gasteiger partial charge in [-0.3, -0.25) is 5.43 Å². The van der Waals surface area contributed by atoms with Crippen LogP contribution < -0.4 is 11.3 Å². The Morgan fingerprint density at radius 1 is 1.88 bits per heavy atom. The molecular formula is C4H8N4. The lowest BCUT2D eigenvalue weighted by Crippen LogP contribution is -2.39. The predicted octanol–water partition coefficient (Wildman–Crippen LogP) is -0.430. The second-order valence-electron chi connectivity index (χ2n) is 1.60. The van der Waals surface area contributed by atoms with Crippen LogP contribution in [0.3, 0.4) is 0 Å². The van der Waals surface area contributed by atoms with Gasteiger partial charge in [-0.2, -0.15) is 0 Å². The van der Waals surface area contributed by atoms with Crippen molar-refractivity contribution in [2.75, 3.05) is 0 Å². The Labute approximate surface area is 47.6 Å². The van der Waals surface area contributed by atoms with E-state index in [9.17, 15) is 0 Å². The third-order valence-electron chi connectivity index (χ3n) is 0.857. The molecule has 4 heteroatoms. The largest absolute Gasteiger partial charge is 0.269 e. The van der Waals surface area contributed by atoms with Crippen molar-refractivity contribution in [2.24, 2.45) is 10.8 Å². The molecule has 1 aliphatic rings. The summed E-state index contributed by atoms with van der Waals surface area (Å²) in [6.07, 6.45) is 0. The summed E-state index contributed by atoms with van der Waals surface area (Å²) in [5.41, 5.74) is 2.73. The lowest BCUT2D eigenvalue weighted by molar-refractivity contribution is 0.335. The van der Waals surface area contributed by atoms with Crippen molar-refractivity contribution < 1.29 is 0 Å². The maximum atomic E-state index is 5.28. The van der Waals surface area contributed by atoms with Crippen LogP contribution in [0.4, 0.5) is 0 Å². The highest BCUT2D eigenvalue weighted by atomic mass is 15.7. The van der Waals surface area contributed by atoms with Gasteiger partial charge in [0.05, 0.1) is 0 Å². The first-order valence-electron chi connectivity index (χ1n) is 2.26. The van der Waals surface area contributed by atoms with Gasteiger partial charge in [0.15, 0.2) is 5.82 Å². The molecule has 0 aromatic carbocycles. The summed E-state index contributed by atoms with van der Waals surface area (Å²) in [6.45, 7) is 5.35. The van der Waals surface area contributed by atoms with Crippen molar-refractivity contribution in [1.82, 2.24) is 10.5 Å². The number of amidine groups is 1. The highest BCUT2D eigenvalue weighted by Gasteiger charge is 2.08. The first-order valence-corrected chi connectivity index (χ1v) is 2.26. The Hall–Kier alpha value is -1.03. The summed E-state index contributed by atoms with van der Waals surface area (Å²) in [7, 11) is 0. The lowest BCUT2D eigenvalue weighted by atomic mass is 10.7. The molecule has 0 bridgehead atoms. The van der Waals surface area contributed by atoms with Crippen LogP contribution in [0.2, 0.25) is 0 Å². The van der Waals surface area contributed by atoms with Crippen molar-refractivity contribution in [2.45, 2.75) is 6.92 Å². The summed E-state index contributed by atoms with van der Waals surface area (Å²) >= 11 is 0. The zero-order valence-corrected chi connectivity index (χ0v) is 4.68. The third-order valence-corrected chi connectivity index (χ3v) is 0.857. The van der Waals surface area contributed by atoms with Crippen molar-refractivity contribution >= 4 is 5.84 Å². The molecule has 0 fully saturated rings. The fourth-order valence-corrected chi connectivity index (χ4v) is 0.511. The third kappa shape index (κ3) is 0.651. The average molecular weight is 112 g/mol. The van der Waals surface area contributed by atoms with E-state index in [0.29, 0.717) is 5.82 Å². The molecule has 0 aromatic rings. The van der Waals surface area contributed by atoms with Gasteiger partial charge in [-0.15, -0.1) is 0 Å². The molecule has 0 unspecified atom stereocenters. The minimum Gasteiger partial charge on any atom is -0.269 e.